The van der Waals surface area contributed by atoms with E-state index in [1.165, 1.54) is 5.56 Å². The molecule has 2 heterocycles. The van der Waals surface area contributed by atoms with Crippen LogP contribution in [-0.4, -0.2) is 25.1 Å². The van der Waals surface area contributed by atoms with E-state index in [-0.39, 0.29) is 6.61 Å². The summed E-state index contributed by atoms with van der Waals surface area (Å²) in [5, 5.41) is 12.4. The van der Waals surface area contributed by atoms with Crippen molar-refractivity contribution in [2.75, 3.05) is 25.3 Å². The maximum Gasteiger partial charge on any atom is 0.231 e. The molecule has 0 fully saturated rings. The SMILES string of the molecule is OCC1CNc2cc3c(cc2C1)OCO3. The van der Waals surface area contributed by atoms with Crippen molar-refractivity contribution in [3.05, 3.63) is 17.7 Å². The standard InChI is InChI=1S/C11H13NO3/c13-5-7-1-8-2-10-11(15-6-14-10)3-9(8)12-4-7/h2-3,7,12-13H,1,4-6H2. The number of nitrogens with one attached hydrogen (secondary N) is 1. The van der Waals surface area contributed by atoms with Gasteiger partial charge in [0.25, 0.3) is 0 Å². The zero-order chi connectivity index (χ0) is 10.3. The summed E-state index contributed by atoms with van der Waals surface area (Å²) >= 11 is 0. The molecular weight excluding hydrogens is 194 g/mol. The summed E-state index contributed by atoms with van der Waals surface area (Å²) < 4.78 is 10.6. The number of ether oxygens (including phenoxy) is 2. The Morgan fingerprint density at radius 1 is 1.33 bits per heavy atom. The Bertz CT molecular complexity index is 392. The average Bonchev–Trinajstić information content (AvgIpc) is 2.72. The van der Waals surface area contributed by atoms with Gasteiger partial charge in [0.2, 0.25) is 6.79 Å². The van der Waals surface area contributed by atoms with Gasteiger partial charge >= 0.3 is 0 Å². The van der Waals surface area contributed by atoms with Gasteiger partial charge in [-0.1, -0.05) is 0 Å². The predicted octanol–water partition coefficient (Wildman–Crippen LogP) is 0.992. The van der Waals surface area contributed by atoms with Crippen LogP contribution in [0.15, 0.2) is 12.1 Å². The number of anilines is 1. The van der Waals surface area contributed by atoms with Gasteiger partial charge in [0, 0.05) is 30.8 Å². The van der Waals surface area contributed by atoms with Gasteiger partial charge in [-0.2, -0.15) is 0 Å². The van der Waals surface area contributed by atoms with E-state index in [2.05, 4.69) is 5.32 Å². The van der Waals surface area contributed by atoms with Crippen LogP contribution >= 0.6 is 0 Å². The fraction of sp³-hybridized carbons (Fsp3) is 0.455. The molecule has 2 N–H and O–H groups in total. The molecule has 15 heavy (non-hydrogen) atoms. The van der Waals surface area contributed by atoms with Crippen molar-refractivity contribution in [1.29, 1.82) is 0 Å². The molecule has 0 bridgehead atoms. The lowest BCUT2D eigenvalue weighted by molar-refractivity contribution is 0.174. The average molecular weight is 207 g/mol. The minimum absolute atomic E-state index is 0.223. The fourth-order valence-corrected chi connectivity index (χ4v) is 2.08. The van der Waals surface area contributed by atoms with E-state index < -0.39 is 0 Å². The van der Waals surface area contributed by atoms with E-state index in [0.717, 1.165) is 30.2 Å². The highest BCUT2D eigenvalue weighted by Crippen LogP contribution is 2.39. The summed E-state index contributed by atoms with van der Waals surface area (Å²) in [6.07, 6.45) is 0.898. The van der Waals surface area contributed by atoms with E-state index in [4.69, 9.17) is 14.6 Å². The van der Waals surface area contributed by atoms with Gasteiger partial charge in [0.1, 0.15) is 0 Å². The fourth-order valence-electron chi connectivity index (χ4n) is 2.08. The van der Waals surface area contributed by atoms with Crippen LogP contribution in [0.25, 0.3) is 0 Å². The Morgan fingerprint density at radius 3 is 2.93 bits per heavy atom. The zero-order valence-electron chi connectivity index (χ0n) is 8.32. The predicted molar refractivity (Wildman–Crippen MR) is 55.3 cm³/mol. The van der Waals surface area contributed by atoms with Gasteiger partial charge in [-0.15, -0.1) is 0 Å². The third-order valence-corrected chi connectivity index (χ3v) is 2.95. The quantitative estimate of drug-likeness (QED) is 0.721. The number of aliphatic hydroxyl groups excluding tert-OH is 1. The van der Waals surface area contributed by atoms with Crippen LogP contribution in [0.2, 0.25) is 0 Å². The van der Waals surface area contributed by atoms with Gasteiger partial charge in [0.15, 0.2) is 11.5 Å². The molecule has 1 aromatic rings. The largest absolute Gasteiger partial charge is 0.454 e. The van der Waals surface area contributed by atoms with Crippen molar-refractivity contribution < 1.29 is 14.6 Å². The first-order chi connectivity index (χ1) is 7.36. The third kappa shape index (κ3) is 1.41. The molecule has 0 saturated heterocycles. The zero-order valence-corrected chi connectivity index (χ0v) is 8.32. The second kappa shape index (κ2) is 3.31. The highest BCUT2D eigenvalue weighted by molar-refractivity contribution is 5.62. The number of hydrogen-bond donors (Lipinski definition) is 2. The van der Waals surface area contributed by atoms with Gasteiger partial charge in [0.05, 0.1) is 0 Å². The van der Waals surface area contributed by atoms with Gasteiger partial charge in [-0.3, -0.25) is 0 Å². The topological polar surface area (TPSA) is 50.7 Å². The van der Waals surface area contributed by atoms with Crippen LogP contribution in [-0.2, 0) is 6.42 Å². The molecule has 0 aliphatic carbocycles. The molecular formula is C11H13NO3. The van der Waals surface area contributed by atoms with Crippen molar-refractivity contribution >= 4 is 5.69 Å². The minimum atomic E-state index is 0.223. The molecule has 1 aromatic carbocycles. The first-order valence-corrected chi connectivity index (χ1v) is 5.14. The molecule has 1 unspecified atom stereocenters. The smallest absolute Gasteiger partial charge is 0.231 e. The van der Waals surface area contributed by atoms with Crippen LogP contribution < -0.4 is 14.8 Å². The summed E-state index contributed by atoms with van der Waals surface area (Å²) in [4.78, 5) is 0. The number of fused-ring (bicyclic) bond motifs is 2. The van der Waals surface area contributed by atoms with Gasteiger partial charge in [-0.25, -0.2) is 0 Å². The molecule has 0 radical (unpaired) electrons. The van der Waals surface area contributed by atoms with Crippen LogP contribution in [0, 0.1) is 5.92 Å². The maximum atomic E-state index is 9.11. The Morgan fingerprint density at radius 2 is 2.13 bits per heavy atom. The molecule has 0 aromatic heterocycles. The van der Waals surface area contributed by atoms with E-state index >= 15 is 0 Å². The normalized spacial score (nSPS) is 22.1. The molecule has 2 aliphatic heterocycles. The molecule has 0 saturated carbocycles. The lowest BCUT2D eigenvalue weighted by Crippen LogP contribution is -2.25. The second-order valence-electron chi connectivity index (χ2n) is 4.00. The highest BCUT2D eigenvalue weighted by Gasteiger charge is 2.22. The Hall–Kier alpha value is -1.42. The molecule has 0 spiro atoms. The van der Waals surface area contributed by atoms with Crippen LogP contribution in [0.3, 0.4) is 0 Å². The van der Waals surface area contributed by atoms with Crippen LogP contribution in [0.5, 0.6) is 11.5 Å². The summed E-state index contributed by atoms with van der Waals surface area (Å²) in [6.45, 7) is 1.35. The minimum Gasteiger partial charge on any atom is -0.454 e. The third-order valence-electron chi connectivity index (χ3n) is 2.95. The number of aliphatic hydroxyl groups is 1. The van der Waals surface area contributed by atoms with Crippen LogP contribution in [0.1, 0.15) is 5.56 Å². The molecule has 1 atom stereocenters. The Balaban J connectivity index is 1.97. The first kappa shape index (κ1) is 8.85. The molecule has 2 aliphatic rings. The second-order valence-corrected chi connectivity index (χ2v) is 4.00. The van der Waals surface area contributed by atoms with Crippen molar-refractivity contribution in [2.45, 2.75) is 6.42 Å². The number of hydrogen-bond acceptors (Lipinski definition) is 4. The summed E-state index contributed by atoms with van der Waals surface area (Å²) in [5.41, 5.74) is 2.30. The number of rotatable bonds is 1. The lowest BCUT2D eigenvalue weighted by atomic mass is 9.94. The van der Waals surface area contributed by atoms with Gasteiger partial charge in [-0.05, 0) is 18.1 Å². The van der Waals surface area contributed by atoms with E-state index in [0.29, 0.717) is 12.7 Å². The van der Waals surface area contributed by atoms with Crippen molar-refractivity contribution in [1.82, 2.24) is 0 Å². The molecule has 4 heteroatoms. The van der Waals surface area contributed by atoms with Crippen molar-refractivity contribution in [3.8, 4) is 11.5 Å². The van der Waals surface area contributed by atoms with Crippen LogP contribution in [0.4, 0.5) is 5.69 Å². The number of benzene rings is 1. The highest BCUT2D eigenvalue weighted by atomic mass is 16.7. The summed E-state index contributed by atoms with van der Waals surface area (Å²) in [6, 6.07) is 3.98. The van der Waals surface area contributed by atoms with Crippen molar-refractivity contribution in [2.24, 2.45) is 5.92 Å². The Labute approximate surface area is 87.8 Å². The van der Waals surface area contributed by atoms with E-state index in [1.807, 2.05) is 12.1 Å². The molecule has 4 nitrogen and oxygen atoms in total. The molecule has 3 rings (SSSR count). The summed E-state index contributed by atoms with van der Waals surface area (Å²) in [5.74, 6) is 1.93. The first-order valence-electron chi connectivity index (χ1n) is 5.14. The van der Waals surface area contributed by atoms with Gasteiger partial charge < -0.3 is 19.9 Å². The molecule has 80 valence electrons. The summed E-state index contributed by atoms with van der Waals surface area (Å²) in [7, 11) is 0. The maximum absolute atomic E-state index is 9.11. The Kier molecular flexibility index (Phi) is 1.95. The van der Waals surface area contributed by atoms with E-state index in [9.17, 15) is 0 Å². The lowest BCUT2D eigenvalue weighted by Gasteiger charge is -2.24. The van der Waals surface area contributed by atoms with Crippen molar-refractivity contribution in [3.63, 3.8) is 0 Å². The molecule has 0 amide bonds. The monoisotopic (exact) mass is 207 g/mol. The van der Waals surface area contributed by atoms with E-state index in [1.54, 1.807) is 0 Å².